The van der Waals surface area contributed by atoms with Crippen molar-refractivity contribution >= 4 is 0 Å². The van der Waals surface area contributed by atoms with E-state index in [9.17, 15) is 0 Å². The number of aromatic nitrogens is 1. The van der Waals surface area contributed by atoms with Gasteiger partial charge in [0, 0.05) is 30.0 Å². The number of hydrogen-bond donors (Lipinski definition) is 0. The van der Waals surface area contributed by atoms with Crippen molar-refractivity contribution in [3.63, 3.8) is 0 Å². The van der Waals surface area contributed by atoms with E-state index in [2.05, 4.69) is 93.9 Å². The molecule has 0 unspecified atom stereocenters. The highest BCUT2D eigenvalue weighted by molar-refractivity contribution is 5.84. The zero-order valence-electron chi connectivity index (χ0n) is 15.1. The summed E-state index contributed by atoms with van der Waals surface area (Å²) in [5.41, 5.74) is 10.9. The van der Waals surface area contributed by atoms with Crippen molar-refractivity contribution < 1.29 is 4.57 Å². The van der Waals surface area contributed by atoms with Crippen LogP contribution in [0, 0.1) is 13.8 Å². The number of fused-ring (bicyclic) bond motifs is 3. The molecule has 0 amide bonds. The van der Waals surface area contributed by atoms with Crippen molar-refractivity contribution in [3.05, 3.63) is 77.0 Å². The molecule has 0 N–H and O–H groups in total. The molecular formula is C23H24N+. The van der Waals surface area contributed by atoms with Gasteiger partial charge in [-0.05, 0) is 46.9 Å². The van der Waals surface area contributed by atoms with Crippen LogP contribution in [0.5, 0.6) is 0 Å². The summed E-state index contributed by atoms with van der Waals surface area (Å²) >= 11 is 0. The molecule has 24 heavy (non-hydrogen) atoms. The molecule has 1 aromatic heterocycles. The minimum atomic E-state index is 0.0524. The first-order valence-electron chi connectivity index (χ1n) is 8.62. The Balaban J connectivity index is 2.00. The van der Waals surface area contributed by atoms with Crippen LogP contribution in [0.2, 0.25) is 0 Å². The summed E-state index contributed by atoms with van der Waals surface area (Å²) in [5, 5.41) is 0. The molecular weight excluding hydrogens is 290 g/mol. The summed E-state index contributed by atoms with van der Waals surface area (Å²) in [6.45, 7) is 9.07. The van der Waals surface area contributed by atoms with Crippen LogP contribution in [0.1, 0.15) is 36.2 Å². The summed E-state index contributed by atoms with van der Waals surface area (Å²) in [7, 11) is 2.15. The first kappa shape index (κ1) is 15.1. The second-order valence-electron chi connectivity index (χ2n) is 7.49. The molecule has 2 aromatic carbocycles. The number of benzene rings is 2. The average Bonchev–Trinajstić information content (AvgIpc) is 2.78. The van der Waals surface area contributed by atoms with Gasteiger partial charge in [0.15, 0.2) is 5.69 Å². The van der Waals surface area contributed by atoms with Crippen LogP contribution in [0.25, 0.3) is 22.4 Å². The monoisotopic (exact) mass is 314 g/mol. The number of rotatable bonds is 1. The Morgan fingerprint density at radius 2 is 1.50 bits per heavy atom. The topological polar surface area (TPSA) is 3.88 Å². The molecule has 0 bridgehead atoms. The standard InChI is InChI=1S/C23H24N/c1-15-13-19-17-10-6-7-11-20(17)23(3,4)21(19)14-18(15)22-12-8-9-16(2)24(22)5/h6-14H,1-5H3/q+1. The summed E-state index contributed by atoms with van der Waals surface area (Å²) < 4.78 is 2.28. The van der Waals surface area contributed by atoms with Crippen LogP contribution in [0.3, 0.4) is 0 Å². The van der Waals surface area contributed by atoms with E-state index in [-0.39, 0.29) is 5.41 Å². The molecule has 0 fully saturated rings. The Morgan fingerprint density at radius 3 is 2.29 bits per heavy atom. The van der Waals surface area contributed by atoms with Crippen molar-refractivity contribution in [2.24, 2.45) is 7.05 Å². The molecule has 1 aliphatic rings. The first-order valence-corrected chi connectivity index (χ1v) is 8.62. The van der Waals surface area contributed by atoms with Crippen LogP contribution in [0.15, 0.2) is 54.6 Å². The van der Waals surface area contributed by atoms with Crippen molar-refractivity contribution in [2.75, 3.05) is 0 Å². The second-order valence-corrected chi connectivity index (χ2v) is 7.49. The molecule has 120 valence electrons. The van der Waals surface area contributed by atoms with E-state index in [0.29, 0.717) is 0 Å². The first-order chi connectivity index (χ1) is 11.4. The lowest BCUT2D eigenvalue weighted by Crippen LogP contribution is -2.34. The molecule has 4 rings (SSSR count). The van der Waals surface area contributed by atoms with Crippen molar-refractivity contribution in [1.29, 1.82) is 0 Å². The minimum Gasteiger partial charge on any atom is -0.199 e. The predicted octanol–water partition coefficient (Wildman–Crippen LogP) is 5.10. The smallest absolute Gasteiger partial charge is 0.199 e. The Bertz CT molecular complexity index is 964. The third-order valence-corrected chi connectivity index (χ3v) is 5.69. The van der Waals surface area contributed by atoms with Crippen LogP contribution >= 0.6 is 0 Å². The lowest BCUT2D eigenvalue weighted by molar-refractivity contribution is -0.666. The summed E-state index contributed by atoms with van der Waals surface area (Å²) in [4.78, 5) is 0. The van der Waals surface area contributed by atoms with E-state index < -0.39 is 0 Å². The molecule has 0 saturated carbocycles. The molecule has 0 spiro atoms. The quantitative estimate of drug-likeness (QED) is 0.550. The van der Waals surface area contributed by atoms with Gasteiger partial charge in [-0.3, -0.25) is 0 Å². The molecule has 1 aliphatic carbocycles. The maximum atomic E-state index is 2.42. The van der Waals surface area contributed by atoms with E-state index >= 15 is 0 Å². The Morgan fingerprint density at radius 1 is 0.750 bits per heavy atom. The van der Waals surface area contributed by atoms with Gasteiger partial charge in [0.2, 0.25) is 5.69 Å². The third-order valence-electron chi connectivity index (χ3n) is 5.69. The van der Waals surface area contributed by atoms with Gasteiger partial charge in [-0.25, -0.2) is 0 Å². The van der Waals surface area contributed by atoms with Gasteiger partial charge in [0.1, 0.15) is 7.05 Å². The number of hydrogen-bond acceptors (Lipinski definition) is 0. The lowest BCUT2D eigenvalue weighted by atomic mass is 9.81. The molecule has 0 radical (unpaired) electrons. The van der Waals surface area contributed by atoms with E-state index in [1.807, 2.05) is 0 Å². The van der Waals surface area contributed by atoms with E-state index in [1.54, 1.807) is 0 Å². The van der Waals surface area contributed by atoms with Gasteiger partial charge < -0.3 is 0 Å². The average molecular weight is 314 g/mol. The van der Waals surface area contributed by atoms with Gasteiger partial charge in [-0.2, -0.15) is 4.57 Å². The van der Waals surface area contributed by atoms with Crippen LogP contribution < -0.4 is 4.57 Å². The second kappa shape index (κ2) is 5.04. The number of nitrogens with zero attached hydrogens (tertiary/aromatic N) is 1. The Labute approximate surface area is 144 Å². The number of aryl methyl sites for hydroxylation is 2. The van der Waals surface area contributed by atoms with Crippen molar-refractivity contribution in [2.45, 2.75) is 33.1 Å². The maximum absolute atomic E-state index is 2.42. The van der Waals surface area contributed by atoms with E-state index in [4.69, 9.17) is 0 Å². The van der Waals surface area contributed by atoms with E-state index in [1.165, 1.54) is 44.8 Å². The van der Waals surface area contributed by atoms with Crippen LogP contribution in [0.4, 0.5) is 0 Å². The van der Waals surface area contributed by atoms with Gasteiger partial charge in [0.25, 0.3) is 0 Å². The SMILES string of the molecule is Cc1cc2c(cc1-c1cccc(C)[n+]1C)C(C)(C)c1ccccc1-2. The third kappa shape index (κ3) is 1.97. The Hall–Kier alpha value is -2.41. The van der Waals surface area contributed by atoms with Gasteiger partial charge in [0.05, 0.1) is 0 Å². The molecule has 0 saturated heterocycles. The van der Waals surface area contributed by atoms with Gasteiger partial charge >= 0.3 is 0 Å². The molecule has 3 aromatic rings. The van der Waals surface area contributed by atoms with Crippen LogP contribution in [-0.2, 0) is 12.5 Å². The predicted molar refractivity (Wildman–Crippen MR) is 100 cm³/mol. The maximum Gasteiger partial charge on any atom is 0.212 e. The minimum absolute atomic E-state index is 0.0524. The molecule has 0 aliphatic heterocycles. The van der Waals surface area contributed by atoms with Crippen molar-refractivity contribution in [1.82, 2.24) is 0 Å². The molecule has 0 atom stereocenters. The van der Waals surface area contributed by atoms with Crippen molar-refractivity contribution in [3.8, 4) is 22.4 Å². The molecule has 1 nitrogen and oxygen atoms in total. The zero-order chi connectivity index (χ0) is 17.1. The fraction of sp³-hybridized carbons (Fsp3) is 0.261. The zero-order valence-corrected chi connectivity index (χ0v) is 15.1. The van der Waals surface area contributed by atoms with Gasteiger partial charge in [-0.1, -0.05) is 44.2 Å². The van der Waals surface area contributed by atoms with E-state index in [0.717, 1.165) is 0 Å². The summed E-state index contributed by atoms with van der Waals surface area (Å²) in [6, 6.07) is 20.2. The normalized spacial score (nSPS) is 14.4. The Kier molecular flexibility index (Phi) is 3.18. The fourth-order valence-corrected chi connectivity index (χ4v) is 4.09. The molecule has 1 heterocycles. The van der Waals surface area contributed by atoms with Crippen LogP contribution in [-0.4, -0.2) is 0 Å². The molecule has 1 heteroatoms. The summed E-state index contributed by atoms with van der Waals surface area (Å²) in [6.07, 6.45) is 0. The highest BCUT2D eigenvalue weighted by Crippen LogP contribution is 2.49. The highest BCUT2D eigenvalue weighted by Gasteiger charge is 2.36. The van der Waals surface area contributed by atoms with Gasteiger partial charge in [-0.15, -0.1) is 0 Å². The highest BCUT2D eigenvalue weighted by atomic mass is 14.9. The summed E-state index contributed by atoms with van der Waals surface area (Å²) in [5.74, 6) is 0. The largest absolute Gasteiger partial charge is 0.212 e. The fourth-order valence-electron chi connectivity index (χ4n) is 4.09. The lowest BCUT2D eigenvalue weighted by Gasteiger charge is -2.22. The number of pyridine rings is 1.